The van der Waals surface area contributed by atoms with Gasteiger partial charge < -0.3 is 11.1 Å². The summed E-state index contributed by atoms with van der Waals surface area (Å²) in [5, 5.41) is 3.19. The number of nitrogens with two attached hydrogens (primary N) is 1. The largest absolute Gasteiger partial charge is 0.351 e. The third-order valence-corrected chi connectivity index (χ3v) is 3.54. The maximum absolute atomic E-state index is 11.8. The standard InChI is InChI=1S/C13H28N2O/c1-4-13(5-2,6-3)15-12(16)10-8-7-9-11-14/h4-11,14H2,1-3H3,(H,15,16). The van der Waals surface area contributed by atoms with Gasteiger partial charge in [0.2, 0.25) is 5.91 Å². The molecular weight excluding hydrogens is 200 g/mol. The summed E-state index contributed by atoms with van der Waals surface area (Å²) in [5.41, 5.74) is 5.43. The van der Waals surface area contributed by atoms with Crippen LogP contribution in [0.15, 0.2) is 0 Å². The smallest absolute Gasteiger partial charge is 0.220 e. The molecule has 0 radical (unpaired) electrons. The molecule has 0 heterocycles. The van der Waals surface area contributed by atoms with E-state index in [9.17, 15) is 4.79 Å². The Morgan fingerprint density at radius 3 is 2.06 bits per heavy atom. The molecule has 0 rings (SSSR count). The van der Waals surface area contributed by atoms with Crippen molar-refractivity contribution in [3.63, 3.8) is 0 Å². The zero-order valence-corrected chi connectivity index (χ0v) is 11.1. The minimum atomic E-state index is 0.0188. The highest BCUT2D eigenvalue weighted by Gasteiger charge is 2.25. The number of nitrogens with one attached hydrogen (secondary N) is 1. The van der Waals surface area contributed by atoms with Gasteiger partial charge in [-0.25, -0.2) is 0 Å². The molecule has 1 amide bonds. The molecule has 0 aliphatic rings. The van der Waals surface area contributed by atoms with E-state index in [1.807, 2.05) is 0 Å². The lowest BCUT2D eigenvalue weighted by atomic mass is 9.89. The van der Waals surface area contributed by atoms with Gasteiger partial charge in [-0.15, -0.1) is 0 Å². The van der Waals surface area contributed by atoms with Crippen LogP contribution in [0, 0.1) is 0 Å². The van der Waals surface area contributed by atoms with Crippen LogP contribution in [0.2, 0.25) is 0 Å². The first-order valence-electron chi connectivity index (χ1n) is 6.65. The average Bonchev–Trinajstić information content (AvgIpc) is 2.32. The number of amides is 1. The Bertz CT molecular complexity index is 180. The summed E-state index contributed by atoms with van der Waals surface area (Å²) in [6.45, 7) is 7.15. The van der Waals surface area contributed by atoms with Crippen LogP contribution < -0.4 is 11.1 Å². The molecule has 0 spiro atoms. The molecule has 0 saturated carbocycles. The predicted molar refractivity (Wildman–Crippen MR) is 69.3 cm³/mol. The van der Waals surface area contributed by atoms with Crippen LogP contribution in [0.25, 0.3) is 0 Å². The van der Waals surface area contributed by atoms with Gasteiger partial charge in [-0.2, -0.15) is 0 Å². The first-order valence-corrected chi connectivity index (χ1v) is 6.65. The van der Waals surface area contributed by atoms with E-state index in [0.29, 0.717) is 6.42 Å². The van der Waals surface area contributed by atoms with Gasteiger partial charge in [0.1, 0.15) is 0 Å². The van der Waals surface area contributed by atoms with E-state index in [2.05, 4.69) is 26.1 Å². The van der Waals surface area contributed by atoms with Gasteiger partial charge in [0.25, 0.3) is 0 Å². The number of carbonyl (C=O) groups excluding carboxylic acids is 1. The Labute approximate surface area is 100 Å². The van der Waals surface area contributed by atoms with Crippen molar-refractivity contribution in [2.75, 3.05) is 6.54 Å². The Hall–Kier alpha value is -0.570. The summed E-state index contributed by atoms with van der Waals surface area (Å²) in [6, 6.07) is 0. The Balaban J connectivity index is 3.91. The summed E-state index contributed by atoms with van der Waals surface area (Å²) in [5.74, 6) is 0.197. The van der Waals surface area contributed by atoms with E-state index in [1.54, 1.807) is 0 Å². The van der Waals surface area contributed by atoms with Crippen LogP contribution >= 0.6 is 0 Å². The van der Waals surface area contributed by atoms with Crippen LogP contribution in [-0.4, -0.2) is 18.0 Å². The van der Waals surface area contributed by atoms with Gasteiger partial charge in [-0.1, -0.05) is 27.2 Å². The highest BCUT2D eigenvalue weighted by molar-refractivity contribution is 5.76. The molecule has 3 N–H and O–H groups in total. The first kappa shape index (κ1) is 15.4. The van der Waals surface area contributed by atoms with Crippen molar-refractivity contribution in [2.24, 2.45) is 5.73 Å². The van der Waals surface area contributed by atoms with E-state index in [-0.39, 0.29) is 11.4 Å². The number of rotatable bonds is 9. The van der Waals surface area contributed by atoms with Crippen molar-refractivity contribution in [1.29, 1.82) is 0 Å². The lowest BCUT2D eigenvalue weighted by Gasteiger charge is -2.31. The molecule has 0 atom stereocenters. The van der Waals surface area contributed by atoms with E-state index < -0.39 is 0 Å². The number of carbonyl (C=O) groups is 1. The fourth-order valence-electron chi connectivity index (χ4n) is 1.98. The normalized spacial score (nSPS) is 11.5. The minimum Gasteiger partial charge on any atom is -0.351 e. The molecule has 0 aromatic carbocycles. The summed E-state index contributed by atoms with van der Waals surface area (Å²) in [7, 11) is 0. The summed E-state index contributed by atoms with van der Waals surface area (Å²) >= 11 is 0. The molecule has 0 aliphatic heterocycles. The molecule has 0 aromatic rings. The van der Waals surface area contributed by atoms with Crippen molar-refractivity contribution >= 4 is 5.91 Å². The van der Waals surface area contributed by atoms with Gasteiger partial charge >= 0.3 is 0 Å². The zero-order valence-electron chi connectivity index (χ0n) is 11.1. The predicted octanol–water partition coefficient (Wildman–Crippen LogP) is 2.59. The van der Waals surface area contributed by atoms with Crippen molar-refractivity contribution in [1.82, 2.24) is 5.32 Å². The molecular formula is C13H28N2O. The van der Waals surface area contributed by atoms with Crippen LogP contribution in [0.3, 0.4) is 0 Å². The van der Waals surface area contributed by atoms with Crippen LogP contribution in [0.1, 0.15) is 65.7 Å². The minimum absolute atomic E-state index is 0.0188. The van der Waals surface area contributed by atoms with E-state index in [1.165, 1.54) is 0 Å². The molecule has 3 nitrogen and oxygen atoms in total. The SMILES string of the molecule is CCC(CC)(CC)NC(=O)CCCCCN. The number of hydrogen-bond acceptors (Lipinski definition) is 2. The fraction of sp³-hybridized carbons (Fsp3) is 0.923. The van der Waals surface area contributed by atoms with E-state index >= 15 is 0 Å². The van der Waals surface area contributed by atoms with E-state index in [0.717, 1.165) is 45.1 Å². The van der Waals surface area contributed by atoms with Gasteiger partial charge in [0, 0.05) is 12.0 Å². The summed E-state index contributed by atoms with van der Waals surface area (Å²) < 4.78 is 0. The molecule has 0 aliphatic carbocycles. The van der Waals surface area contributed by atoms with Crippen LogP contribution in [0.4, 0.5) is 0 Å². The lowest BCUT2D eigenvalue weighted by molar-refractivity contribution is -0.123. The summed E-state index contributed by atoms with van der Waals surface area (Å²) in [6.07, 6.45) is 6.70. The quantitative estimate of drug-likeness (QED) is 0.596. The van der Waals surface area contributed by atoms with Crippen molar-refractivity contribution < 1.29 is 4.79 Å². The Morgan fingerprint density at radius 1 is 1.06 bits per heavy atom. The van der Waals surface area contributed by atoms with Crippen LogP contribution in [0.5, 0.6) is 0 Å². The summed E-state index contributed by atoms with van der Waals surface area (Å²) in [4.78, 5) is 11.8. The fourth-order valence-corrected chi connectivity index (χ4v) is 1.98. The molecule has 0 saturated heterocycles. The third-order valence-electron chi connectivity index (χ3n) is 3.54. The topological polar surface area (TPSA) is 55.1 Å². The molecule has 96 valence electrons. The Kier molecular flexibility index (Phi) is 8.26. The average molecular weight is 228 g/mol. The second-order valence-electron chi connectivity index (χ2n) is 4.49. The van der Waals surface area contributed by atoms with Crippen molar-refractivity contribution in [3.8, 4) is 0 Å². The monoisotopic (exact) mass is 228 g/mol. The maximum atomic E-state index is 11.8. The van der Waals surface area contributed by atoms with Gasteiger partial charge in [-0.05, 0) is 38.6 Å². The van der Waals surface area contributed by atoms with Crippen molar-refractivity contribution in [3.05, 3.63) is 0 Å². The van der Waals surface area contributed by atoms with Gasteiger partial charge in [0.15, 0.2) is 0 Å². The highest BCUT2D eigenvalue weighted by Crippen LogP contribution is 2.19. The molecule has 0 aromatic heterocycles. The first-order chi connectivity index (χ1) is 7.64. The highest BCUT2D eigenvalue weighted by atomic mass is 16.1. The second kappa shape index (κ2) is 8.57. The Morgan fingerprint density at radius 2 is 1.62 bits per heavy atom. The lowest BCUT2D eigenvalue weighted by Crippen LogP contribution is -2.47. The second-order valence-corrected chi connectivity index (χ2v) is 4.49. The molecule has 0 fully saturated rings. The van der Waals surface area contributed by atoms with Gasteiger partial charge in [-0.3, -0.25) is 4.79 Å². The van der Waals surface area contributed by atoms with Gasteiger partial charge in [0.05, 0.1) is 0 Å². The number of hydrogen-bond donors (Lipinski definition) is 2. The number of unbranched alkanes of at least 4 members (excludes halogenated alkanes) is 2. The van der Waals surface area contributed by atoms with E-state index in [4.69, 9.17) is 5.73 Å². The zero-order chi connectivity index (χ0) is 12.4. The van der Waals surface area contributed by atoms with Crippen LogP contribution in [-0.2, 0) is 4.79 Å². The molecule has 16 heavy (non-hydrogen) atoms. The third kappa shape index (κ3) is 5.50. The molecule has 0 unspecified atom stereocenters. The molecule has 0 bridgehead atoms. The molecule has 3 heteroatoms. The van der Waals surface area contributed by atoms with Crippen molar-refractivity contribution in [2.45, 2.75) is 71.3 Å². The maximum Gasteiger partial charge on any atom is 0.220 e.